The van der Waals surface area contributed by atoms with E-state index in [-0.39, 0.29) is 6.10 Å². The molecule has 0 radical (unpaired) electrons. The Balaban J connectivity index is 1.64. The molecule has 2 fully saturated rings. The van der Waals surface area contributed by atoms with Crippen molar-refractivity contribution in [2.24, 2.45) is 11.8 Å². The highest BCUT2D eigenvalue weighted by molar-refractivity contribution is 5.52. The Morgan fingerprint density at radius 1 is 1.20 bits per heavy atom. The van der Waals surface area contributed by atoms with Gasteiger partial charge in [-0.05, 0) is 63.5 Å². The van der Waals surface area contributed by atoms with Crippen LogP contribution in [0.4, 0.5) is 5.69 Å². The Bertz CT molecular complexity index is 442. The first-order valence-corrected chi connectivity index (χ1v) is 8.10. The number of pyridine rings is 1. The van der Waals surface area contributed by atoms with E-state index in [4.69, 9.17) is 4.74 Å². The van der Waals surface area contributed by atoms with Crippen molar-refractivity contribution in [3.05, 3.63) is 18.3 Å². The normalized spacial score (nSPS) is 26.6. The second-order valence-corrected chi connectivity index (χ2v) is 6.63. The fraction of sp³-hybridized carbons (Fsp3) is 0.706. The predicted molar refractivity (Wildman–Crippen MR) is 82.1 cm³/mol. The van der Waals surface area contributed by atoms with Crippen LogP contribution in [-0.4, -0.2) is 17.1 Å². The second kappa shape index (κ2) is 6.02. The van der Waals surface area contributed by atoms with Gasteiger partial charge in [0.25, 0.3) is 0 Å². The molecule has 0 aliphatic heterocycles. The molecule has 2 aliphatic carbocycles. The third-order valence-electron chi connectivity index (χ3n) is 4.48. The largest absolute Gasteiger partial charge is 0.473 e. The van der Waals surface area contributed by atoms with Crippen molar-refractivity contribution < 1.29 is 4.74 Å². The average Bonchev–Trinajstić information content (AvgIpc) is 3.25. The quantitative estimate of drug-likeness (QED) is 0.871. The van der Waals surface area contributed by atoms with E-state index in [1.54, 1.807) is 6.20 Å². The number of hydrogen-bond donors (Lipinski definition) is 1. The first-order chi connectivity index (χ1) is 9.72. The van der Waals surface area contributed by atoms with E-state index < -0.39 is 0 Å². The summed E-state index contributed by atoms with van der Waals surface area (Å²) in [6.07, 6.45) is 10.3. The van der Waals surface area contributed by atoms with Crippen LogP contribution in [0.5, 0.6) is 5.88 Å². The highest BCUT2D eigenvalue weighted by Crippen LogP contribution is 2.44. The Kier molecular flexibility index (Phi) is 4.13. The van der Waals surface area contributed by atoms with Gasteiger partial charge >= 0.3 is 0 Å². The van der Waals surface area contributed by atoms with Crippen LogP contribution in [0.2, 0.25) is 0 Å². The summed E-state index contributed by atoms with van der Waals surface area (Å²) in [7, 11) is 0. The maximum atomic E-state index is 5.80. The van der Waals surface area contributed by atoms with Crippen LogP contribution in [0.3, 0.4) is 0 Å². The van der Waals surface area contributed by atoms with E-state index in [2.05, 4.69) is 16.4 Å². The number of nitrogens with one attached hydrogen (secondary N) is 1. The van der Waals surface area contributed by atoms with E-state index in [1.807, 2.05) is 19.9 Å². The fourth-order valence-electron chi connectivity index (χ4n) is 3.39. The SMILES string of the molecule is CC(C)Oc1ncccc1NC1CCCC(C2CC2)C1. The molecule has 2 atom stereocenters. The Labute approximate surface area is 122 Å². The number of ether oxygens (including phenoxy) is 1. The molecule has 20 heavy (non-hydrogen) atoms. The van der Waals surface area contributed by atoms with Crippen LogP contribution in [0, 0.1) is 11.8 Å². The lowest BCUT2D eigenvalue weighted by atomic mass is 9.82. The fourth-order valence-corrected chi connectivity index (χ4v) is 3.39. The molecule has 1 heterocycles. The summed E-state index contributed by atoms with van der Waals surface area (Å²) < 4.78 is 5.80. The van der Waals surface area contributed by atoms with Gasteiger partial charge in [0.2, 0.25) is 5.88 Å². The first-order valence-electron chi connectivity index (χ1n) is 8.10. The van der Waals surface area contributed by atoms with E-state index in [9.17, 15) is 0 Å². The van der Waals surface area contributed by atoms with E-state index in [1.165, 1.54) is 38.5 Å². The smallest absolute Gasteiger partial charge is 0.237 e. The van der Waals surface area contributed by atoms with Gasteiger partial charge in [-0.15, -0.1) is 0 Å². The van der Waals surface area contributed by atoms with Crippen LogP contribution in [0.15, 0.2) is 18.3 Å². The summed E-state index contributed by atoms with van der Waals surface area (Å²) in [6.45, 7) is 4.09. The molecule has 1 aromatic rings. The monoisotopic (exact) mass is 274 g/mol. The molecule has 3 nitrogen and oxygen atoms in total. The molecule has 0 bridgehead atoms. The molecule has 0 aromatic carbocycles. The summed E-state index contributed by atoms with van der Waals surface area (Å²) in [5.41, 5.74) is 1.06. The number of rotatable bonds is 5. The molecule has 110 valence electrons. The van der Waals surface area contributed by atoms with Crippen LogP contribution in [0.1, 0.15) is 52.4 Å². The van der Waals surface area contributed by atoms with Gasteiger partial charge in [0.15, 0.2) is 0 Å². The van der Waals surface area contributed by atoms with Gasteiger partial charge in [0, 0.05) is 12.2 Å². The zero-order chi connectivity index (χ0) is 13.9. The maximum Gasteiger partial charge on any atom is 0.237 e. The molecule has 2 saturated carbocycles. The van der Waals surface area contributed by atoms with Crippen LogP contribution in [0.25, 0.3) is 0 Å². The molecule has 2 unspecified atom stereocenters. The van der Waals surface area contributed by atoms with Crippen molar-refractivity contribution in [3.8, 4) is 5.88 Å². The van der Waals surface area contributed by atoms with Crippen LogP contribution in [-0.2, 0) is 0 Å². The van der Waals surface area contributed by atoms with Crippen molar-refractivity contribution in [1.82, 2.24) is 4.98 Å². The Morgan fingerprint density at radius 3 is 2.80 bits per heavy atom. The number of anilines is 1. The highest BCUT2D eigenvalue weighted by atomic mass is 16.5. The lowest BCUT2D eigenvalue weighted by molar-refractivity contribution is 0.233. The minimum atomic E-state index is 0.163. The molecule has 2 aliphatic rings. The average molecular weight is 274 g/mol. The third kappa shape index (κ3) is 3.44. The second-order valence-electron chi connectivity index (χ2n) is 6.63. The van der Waals surface area contributed by atoms with Gasteiger partial charge in [0.05, 0.1) is 11.8 Å². The van der Waals surface area contributed by atoms with Gasteiger partial charge in [0.1, 0.15) is 0 Å². The van der Waals surface area contributed by atoms with E-state index in [0.717, 1.165) is 23.4 Å². The summed E-state index contributed by atoms with van der Waals surface area (Å²) in [5, 5.41) is 3.68. The van der Waals surface area contributed by atoms with Crippen molar-refractivity contribution in [2.75, 3.05) is 5.32 Å². The van der Waals surface area contributed by atoms with Gasteiger partial charge in [-0.25, -0.2) is 4.98 Å². The summed E-state index contributed by atoms with van der Waals surface area (Å²) in [5.74, 6) is 2.73. The molecule has 0 saturated heterocycles. The molecule has 0 spiro atoms. The molecule has 1 aromatic heterocycles. The van der Waals surface area contributed by atoms with Crippen molar-refractivity contribution in [2.45, 2.75) is 64.5 Å². The van der Waals surface area contributed by atoms with Crippen LogP contribution < -0.4 is 10.1 Å². The standard InChI is InChI=1S/C17H26N2O/c1-12(2)20-17-16(7-4-10-18-17)19-15-6-3-5-14(11-15)13-8-9-13/h4,7,10,12-15,19H,3,5-6,8-9,11H2,1-2H3. The van der Waals surface area contributed by atoms with Gasteiger partial charge in [-0.2, -0.15) is 0 Å². The van der Waals surface area contributed by atoms with Gasteiger partial charge in [-0.1, -0.05) is 12.8 Å². The lowest BCUT2D eigenvalue weighted by Crippen LogP contribution is -2.28. The van der Waals surface area contributed by atoms with E-state index in [0.29, 0.717) is 6.04 Å². The predicted octanol–water partition coefficient (Wildman–Crippen LogP) is 4.25. The topological polar surface area (TPSA) is 34.1 Å². The first kappa shape index (κ1) is 13.7. The zero-order valence-corrected chi connectivity index (χ0v) is 12.6. The molecular formula is C17H26N2O. The minimum Gasteiger partial charge on any atom is -0.473 e. The zero-order valence-electron chi connectivity index (χ0n) is 12.6. The molecule has 1 N–H and O–H groups in total. The Morgan fingerprint density at radius 2 is 2.05 bits per heavy atom. The summed E-state index contributed by atoms with van der Waals surface area (Å²) >= 11 is 0. The van der Waals surface area contributed by atoms with Gasteiger partial charge < -0.3 is 10.1 Å². The van der Waals surface area contributed by atoms with Gasteiger partial charge in [-0.3, -0.25) is 0 Å². The van der Waals surface area contributed by atoms with Crippen molar-refractivity contribution >= 4 is 5.69 Å². The van der Waals surface area contributed by atoms with Crippen LogP contribution >= 0.6 is 0 Å². The number of hydrogen-bond acceptors (Lipinski definition) is 3. The lowest BCUT2D eigenvalue weighted by Gasteiger charge is -2.31. The minimum absolute atomic E-state index is 0.163. The number of nitrogens with zero attached hydrogens (tertiary/aromatic N) is 1. The van der Waals surface area contributed by atoms with Crippen molar-refractivity contribution in [1.29, 1.82) is 0 Å². The molecule has 0 amide bonds. The highest BCUT2D eigenvalue weighted by Gasteiger charge is 2.34. The van der Waals surface area contributed by atoms with Crippen molar-refractivity contribution in [3.63, 3.8) is 0 Å². The molecule has 3 heteroatoms. The summed E-state index contributed by atoms with van der Waals surface area (Å²) in [4.78, 5) is 4.37. The molecular weight excluding hydrogens is 248 g/mol. The maximum absolute atomic E-state index is 5.80. The summed E-state index contributed by atoms with van der Waals surface area (Å²) in [6, 6.07) is 4.66. The number of aromatic nitrogens is 1. The van der Waals surface area contributed by atoms with E-state index >= 15 is 0 Å². The Hall–Kier alpha value is -1.25. The molecule has 3 rings (SSSR count). The third-order valence-corrected chi connectivity index (χ3v) is 4.48.